The summed E-state index contributed by atoms with van der Waals surface area (Å²) in [5.41, 5.74) is -1.24. The smallest absolute Gasteiger partial charge is 0.309 e. The Labute approximate surface area is 228 Å². The van der Waals surface area contributed by atoms with Crippen molar-refractivity contribution in [3.05, 3.63) is 47.9 Å². The molecule has 5 rings (SSSR count). The first-order chi connectivity index (χ1) is 18.6. The number of aliphatic hydroxyl groups is 2. The number of allylic oxidation sites excluding steroid dienone is 1. The molecule has 0 amide bonds. The first kappa shape index (κ1) is 27.9. The number of hydrogen-bond acceptors (Lipinski definition) is 8. The number of hydrogen-bond donors (Lipinski definition) is 2. The lowest BCUT2D eigenvalue weighted by atomic mass is 9.58. The number of carbonyl (C=O) groups excluding carboxylic acids is 2. The van der Waals surface area contributed by atoms with Crippen molar-refractivity contribution in [2.75, 3.05) is 0 Å². The molecule has 1 saturated carbocycles. The normalized spacial score (nSPS) is 37.2. The molecule has 8 nitrogen and oxygen atoms in total. The first-order valence-electron chi connectivity index (χ1n) is 14.0. The van der Waals surface area contributed by atoms with Gasteiger partial charge in [0.1, 0.15) is 23.6 Å². The number of Topliss-reactive ketones (excluding diaryl/α,β-unsaturated/α-hetero) is 1. The van der Waals surface area contributed by atoms with Gasteiger partial charge in [0, 0.05) is 19.0 Å². The summed E-state index contributed by atoms with van der Waals surface area (Å²) >= 11 is 0. The summed E-state index contributed by atoms with van der Waals surface area (Å²) in [6, 6.07) is 5.11. The third kappa shape index (κ3) is 6.10. The fourth-order valence-electron chi connectivity index (χ4n) is 6.21. The zero-order chi connectivity index (χ0) is 27.8. The molecule has 1 aromatic heterocycles. The predicted molar refractivity (Wildman–Crippen MR) is 139 cm³/mol. The lowest BCUT2D eigenvalue weighted by Gasteiger charge is -2.46. The van der Waals surface area contributed by atoms with E-state index < -0.39 is 53.5 Å². The Bertz CT molecular complexity index is 1130. The van der Waals surface area contributed by atoms with Gasteiger partial charge in [-0.05, 0) is 56.7 Å². The van der Waals surface area contributed by atoms with E-state index in [0.717, 1.165) is 12.8 Å². The van der Waals surface area contributed by atoms with Gasteiger partial charge >= 0.3 is 5.97 Å². The maximum Gasteiger partial charge on any atom is 0.309 e. The third-order valence-corrected chi connectivity index (χ3v) is 9.12. The SMILES string of the molecule is CC1CCCC2(C)OC2CC(/C(F)=C/c2ccccn2)OC(=O)CC(O)C2(CCC2)C(=O)C(CC2=CO2)C1O. The van der Waals surface area contributed by atoms with Crippen LogP contribution in [-0.2, 0) is 23.8 Å². The van der Waals surface area contributed by atoms with Gasteiger partial charge in [-0.3, -0.25) is 14.6 Å². The Morgan fingerprint density at radius 2 is 1.97 bits per heavy atom. The first-order valence-corrected chi connectivity index (χ1v) is 14.0. The topological polar surface area (TPSA) is 122 Å². The molecule has 0 radical (unpaired) electrons. The molecule has 7 atom stereocenters. The van der Waals surface area contributed by atoms with Gasteiger partial charge in [-0.1, -0.05) is 25.8 Å². The molecule has 2 N–H and O–H groups in total. The second kappa shape index (κ2) is 11.1. The highest BCUT2D eigenvalue weighted by Gasteiger charge is 2.55. The minimum absolute atomic E-state index is 0.132. The number of pyridine rings is 1. The molecule has 2 saturated heterocycles. The maximum absolute atomic E-state index is 15.4. The molecule has 7 unspecified atom stereocenters. The summed E-state index contributed by atoms with van der Waals surface area (Å²) in [5, 5.41) is 22.5. The van der Waals surface area contributed by atoms with Crippen LogP contribution in [-0.4, -0.2) is 57.0 Å². The highest BCUT2D eigenvalue weighted by atomic mass is 19.1. The van der Waals surface area contributed by atoms with Crippen LogP contribution in [0.15, 0.2) is 42.2 Å². The molecule has 9 heteroatoms. The van der Waals surface area contributed by atoms with E-state index in [0.29, 0.717) is 37.1 Å². The van der Waals surface area contributed by atoms with Gasteiger partial charge in [-0.2, -0.15) is 0 Å². The fraction of sp³-hybridized carbons (Fsp3) is 0.633. The number of halogens is 1. The van der Waals surface area contributed by atoms with Crippen molar-refractivity contribution >= 4 is 17.8 Å². The van der Waals surface area contributed by atoms with E-state index in [4.69, 9.17) is 14.2 Å². The van der Waals surface area contributed by atoms with E-state index in [9.17, 15) is 19.8 Å². The van der Waals surface area contributed by atoms with E-state index in [-0.39, 0.29) is 30.6 Å². The van der Waals surface area contributed by atoms with E-state index in [2.05, 4.69) is 4.98 Å². The second-order valence-electron chi connectivity index (χ2n) is 11.9. The van der Waals surface area contributed by atoms with E-state index in [1.54, 1.807) is 30.7 Å². The molecule has 4 aliphatic rings. The van der Waals surface area contributed by atoms with Gasteiger partial charge in [0.2, 0.25) is 0 Å². The molecular formula is C30H38FNO7. The molecule has 1 aliphatic carbocycles. The average Bonchev–Trinajstić information content (AvgIpc) is 3.79. The van der Waals surface area contributed by atoms with E-state index in [1.165, 1.54) is 6.08 Å². The Morgan fingerprint density at radius 3 is 2.62 bits per heavy atom. The van der Waals surface area contributed by atoms with Gasteiger partial charge in [0.15, 0.2) is 6.10 Å². The van der Waals surface area contributed by atoms with Gasteiger partial charge in [-0.15, -0.1) is 0 Å². The fourth-order valence-corrected chi connectivity index (χ4v) is 6.21. The molecule has 1 spiro atoms. The summed E-state index contributed by atoms with van der Waals surface area (Å²) in [7, 11) is 0. The minimum atomic E-state index is -1.30. The molecule has 3 fully saturated rings. The van der Waals surface area contributed by atoms with Crippen molar-refractivity contribution in [1.29, 1.82) is 0 Å². The summed E-state index contributed by atoms with van der Waals surface area (Å²) in [5.74, 6) is -1.95. The number of aliphatic hydroxyl groups excluding tert-OH is 2. The number of fused-ring (bicyclic) bond motifs is 1. The number of ether oxygens (including phenoxy) is 3. The van der Waals surface area contributed by atoms with Crippen LogP contribution in [0.3, 0.4) is 0 Å². The number of rotatable bonds is 4. The summed E-state index contributed by atoms with van der Waals surface area (Å²) in [4.78, 5) is 31.1. The van der Waals surface area contributed by atoms with Crippen molar-refractivity contribution < 1.29 is 38.4 Å². The summed E-state index contributed by atoms with van der Waals surface area (Å²) < 4.78 is 32.2. The Balaban J connectivity index is 1.40. The third-order valence-electron chi connectivity index (χ3n) is 9.12. The molecule has 0 aromatic carbocycles. The van der Waals surface area contributed by atoms with Gasteiger partial charge in [0.05, 0.1) is 47.4 Å². The number of nitrogens with zero attached hydrogens (tertiary/aromatic N) is 1. The summed E-state index contributed by atoms with van der Waals surface area (Å²) in [6.45, 7) is 3.88. The van der Waals surface area contributed by atoms with Crippen molar-refractivity contribution in [3.63, 3.8) is 0 Å². The van der Waals surface area contributed by atoms with E-state index >= 15 is 4.39 Å². The monoisotopic (exact) mass is 543 g/mol. The predicted octanol–water partition coefficient (Wildman–Crippen LogP) is 4.40. The maximum atomic E-state index is 15.4. The summed E-state index contributed by atoms with van der Waals surface area (Å²) in [6.07, 6.45) is 4.27. The van der Waals surface area contributed by atoms with Crippen LogP contribution in [0.2, 0.25) is 0 Å². The highest BCUT2D eigenvalue weighted by Crippen LogP contribution is 2.50. The Morgan fingerprint density at radius 1 is 1.21 bits per heavy atom. The van der Waals surface area contributed by atoms with E-state index in [1.807, 2.05) is 13.8 Å². The Kier molecular flexibility index (Phi) is 7.95. The molecule has 3 aliphatic heterocycles. The molecular weight excluding hydrogens is 505 g/mol. The van der Waals surface area contributed by atoms with Gasteiger partial charge in [0.25, 0.3) is 0 Å². The van der Waals surface area contributed by atoms with Crippen LogP contribution in [0.5, 0.6) is 0 Å². The van der Waals surface area contributed by atoms with Gasteiger partial charge < -0.3 is 24.4 Å². The number of carbonyl (C=O) groups is 2. The van der Waals surface area contributed by atoms with Crippen LogP contribution in [0.4, 0.5) is 4.39 Å². The molecule has 212 valence electrons. The minimum Gasteiger partial charge on any atom is -0.463 e. The number of cyclic esters (lactones) is 1. The molecule has 4 heterocycles. The quantitative estimate of drug-likeness (QED) is 0.423. The number of epoxide rings is 1. The lowest BCUT2D eigenvalue weighted by Crippen LogP contribution is -2.53. The molecule has 39 heavy (non-hydrogen) atoms. The average molecular weight is 544 g/mol. The van der Waals surface area contributed by atoms with Crippen LogP contribution in [0.25, 0.3) is 6.08 Å². The van der Waals surface area contributed by atoms with Crippen molar-refractivity contribution in [3.8, 4) is 0 Å². The van der Waals surface area contributed by atoms with Crippen LogP contribution < -0.4 is 0 Å². The van der Waals surface area contributed by atoms with Crippen LogP contribution >= 0.6 is 0 Å². The number of ketones is 1. The zero-order valence-electron chi connectivity index (χ0n) is 22.6. The molecule has 0 bridgehead atoms. The number of aromatic nitrogens is 1. The Hall–Kier alpha value is -2.62. The van der Waals surface area contributed by atoms with Gasteiger partial charge in [-0.25, -0.2) is 4.39 Å². The largest absolute Gasteiger partial charge is 0.463 e. The number of esters is 1. The standard InChI is InChI=1S/C30H38FNO7/c1-18-7-5-9-29(2)25(39-29)15-23(22(31)13-19-8-3-4-12-32-19)38-26(34)16-24(33)30(10-6-11-30)28(36)21(27(18)35)14-20-17-37-20/h3-4,8,12-13,17-18,21,23-25,27,33,35H,5-7,9-11,14-16H2,1-2H3/b22-13-. The second-order valence-corrected chi connectivity index (χ2v) is 11.9. The van der Waals surface area contributed by atoms with Crippen LogP contribution in [0.1, 0.15) is 77.3 Å². The highest BCUT2D eigenvalue weighted by molar-refractivity contribution is 5.90. The lowest BCUT2D eigenvalue weighted by molar-refractivity contribution is -0.162. The molecule has 1 aromatic rings. The van der Waals surface area contributed by atoms with Crippen molar-refractivity contribution in [1.82, 2.24) is 4.98 Å². The van der Waals surface area contributed by atoms with Crippen LogP contribution in [0, 0.1) is 17.3 Å². The van der Waals surface area contributed by atoms with Crippen molar-refractivity contribution in [2.24, 2.45) is 17.3 Å². The van der Waals surface area contributed by atoms with Crippen molar-refractivity contribution in [2.45, 2.75) is 102 Å². The zero-order valence-corrected chi connectivity index (χ0v) is 22.6.